The first-order chi connectivity index (χ1) is 24.5. The minimum Gasteiger partial charge on any atom is -0.471 e. The van der Waals surface area contributed by atoms with Gasteiger partial charge in [-0.05, 0) is 68.3 Å². The molecule has 0 aliphatic carbocycles. The van der Waals surface area contributed by atoms with Crippen molar-refractivity contribution in [1.82, 2.24) is 24.4 Å². The average molecular weight is 722 g/mol. The number of ether oxygens (including phenoxy) is 2. The maximum Gasteiger partial charge on any atom is 0.410 e. The molecule has 0 radical (unpaired) electrons. The number of hydrogen-bond donors (Lipinski definition) is 2. The van der Waals surface area contributed by atoms with Gasteiger partial charge in [-0.15, -0.1) is 0 Å². The number of amides is 2. The number of anilines is 1. The molecule has 8 rings (SSSR count). The standard InChI is InChI=1S/C39H34Cl2N6O4/c1-39(2,3)51-38(49)46-17-15-26(20-46)50-37-28(10-7-16-42-37)45-36(48)33-31-30-27(18-25(41)19-29(30)44-33)34(23-11-13-24(40)14-12-23)47-21-43-32(35(31)47)22-8-5-4-6-9-22/h4-14,16,18-19,21,26,34,44H,15,17,20H2,1-3H3,(H,45,48). The maximum atomic E-state index is 14.4. The molecule has 2 amide bonds. The zero-order valence-electron chi connectivity index (χ0n) is 28.1. The van der Waals surface area contributed by atoms with Crippen LogP contribution >= 0.6 is 23.2 Å². The molecule has 3 aromatic heterocycles. The Labute approximate surface area is 304 Å². The third-order valence-electron chi connectivity index (χ3n) is 9.05. The second kappa shape index (κ2) is 12.8. The van der Waals surface area contributed by atoms with Crippen molar-refractivity contribution in [2.24, 2.45) is 0 Å². The van der Waals surface area contributed by atoms with Gasteiger partial charge in [0.25, 0.3) is 5.91 Å². The van der Waals surface area contributed by atoms with Gasteiger partial charge in [0.1, 0.15) is 23.1 Å². The molecule has 5 heterocycles. The highest BCUT2D eigenvalue weighted by Crippen LogP contribution is 2.50. The number of hydrogen-bond acceptors (Lipinski definition) is 6. The predicted molar refractivity (Wildman–Crippen MR) is 198 cm³/mol. The number of pyridine rings is 1. The van der Waals surface area contributed by atoms with Crippen molar-refractivity contribution in [2.75, 3.05) is 18.4 Å². The van der Waals surface area contributed by atoms with Crippen LogP contribution in [0.15, 0.2) is 91.4 Å². The van der Waals surface area contributed by atoms with E-state index in [9.17, 15) is 9.59 Å². The first kappa shape index (κ1) is 32.9. The van der Waals surface area contributed by atoms with Crippen LogP contribution in [0.1, 0.15) is 54.8 Å². The molecule has 258 valence electrons. The van der Waals surface area contributed by atoms with E-state index in [-0.39, 0.29) is 30.0 Å². The van der Waals surface area contributed by atoms with Crippen molar-refractivity contribution >= 4 is 51.8 Å². The second-order valence-electron chi connectivity index (χ2n) is 13.7. The number of nitrogens with zero attached hydrogens (tertiary/aromatic N) is 4. The number of rotatable bonds is 6. The van der Waals surface area contributed by atoms with Gasteiger partial charge in [-0.1, -0.05) is 65.7 Å². The molecule has 2 N–H and O–H groups in total. The van der Waals surface area contributed by atoms with Crippen LogP contribution in [-0.4, -0.2) is 61.2 Å². The van der Waals surface area contributed by atoms with E-state index in [1.54, 1.807) is 23.2 Å². The van der Waals surface area contributed by atoms with E-state index < -0.39 is 5.60 Å². The molecule has 1 fully saturated rings. The third-order valence-corrected chi connectivity index (χ3v) is 9.52. The molecule has 2 atom stereocenters. The Morgan fingerprint density at radius 2 is 1.75 bits per heavy atom. The van der Waals surface area contributed by atoms with Gasteiger partial charge >= 0.3 is 6.09 Å². The van der Waals surface area contributed by atoms with E-state index in [1.807, 2.05) is 93.8 Å². The van der Waals surface area contributed by atoms with Crippen molar-refractivity contribution in [1.29, 1.82) is 0 Å². The molecule has 6 aromatic rings. The Morgan fingerprint density at radius 1 is 0.961 bits per heavy atom. The lowest BCUT2D eigenvalue weighted by Gasteiger charge is -2.28. The molecule has 0 spiro atoms. The quantitative estimate of drug-likeness (QED) is 0.177. The van der Waals surface area contributed by atoms with E-state index in [0.29, 0.717) is 46.5 Å². The van der Waals surface area contributed by atoms with Crippen molar-refractivity contribution in [3.63, 3.8) is 0 Å². The molecule has 2 aliphatic rings. The number of carbonyl (C=O) groups excluding carboxylic acids is 2. The van der Waals surface area contributed by atoms with Gasteiger partial charge < -0.3 is 29.2 Å². The number of carbonyl (C=O) groups is 2. The van der Waals surface area contributed by atoms with Crippen LogP contribution in [0, 0.1) is 0 Å². The normalized spacial score (nSPS) is 16.6. The Hall–Kier alpha value is -5.32. The molecule has 10 nitrogen and oxygen atoms in total. The minimum atomic E-state index is -0.598. The third kappa shape index (κ3) is 6.19. The molecule has 1 saturated heterocycles. The van der Waals surface area contributed by atoms with Crippen LogP contribution in [0.3, 0.4) is 0 Å². The summed E-state index contributed by atoms with van der Waals surface area (Å²) in [6.45, 7) is 6.34. The summed E-state index contributed by atoms with van der Waals surface area (Å²) in [7, 11) is 0. The number of fused-ring (bicyclic) bond motifs is 2. The van der Waals surface area contributed by atoms with Crippen LogP contribution in [0.2, 0.25) is 10.0 Å². The summed E-state index contributed by atoms with van der Waals surface area (Å²) in [4.78, 5) is 41.5. The number of nitrogens with one attached hydrogen (secondary N) is 2. The number of aromatic amines is 1. The Kier molecular flexibility index (Phi) is 8.23. The van der Waals surface area contributed by atoms with Crippen molar-refractivity contribution in [3.8, 4) is 28.4 Å². The molecule has 2 aliphatic heterocycles. The van der Waals surface area contributed by atoms with E-state index >= 15 is 0 Å². The molecule has 51 heavy (non-hydrogen) atoms. The maximum absolute atomic E-state index is 14.4. The minimum absolute atomic E-state index is 0.258. The number of likely N-dealkylation sites (tertiary alicyclic amines) is 1. The van der Waals surface area contributed by atoms with Gasteiger partial charge in [0, 0.05) is 51.2 Å². The predicted octanol–water partition coefficient (Wildman–Crippen LogP) is 8.99. The summed E-state index contributed by atoms with van der Waals surface area (Å²) in [5.41, 5.74) is 5.95. The van der Waals surface area contributed by atoms with Gasteiger partial charge in [-0.25, -0.2) is 14.8 Å². The summed E-state index contributed by atoms with van der Waals surface area (Å²) in [6.07, 6.45) is 3.31. The van der Waals surface area contributed by atoms with E-state index in [0.717, 1.165) is 39.0 Å². The van der Waals surface area contributed by atoms with Crippen LogP contribution < -0.4 is 10.1 Å². The Morgan fingerprint density at radius 3 is 2.51 bits per heavy atom. The number of aromatic nitrogens is 4. The lowest BCUT2D eigenvalue weighted by molar-refractivity contribution is 0.0275. The van der Waals surface area contributed by atoms with E-state index in [4.69, 9.17) is 37.7 Å². The number of H-pyrrole nitrogens is 1. The first-order valence-corrected chi connectivity index (χ1v) is 17.4. The number of imidazole rings is 1. The van der Waals surface area contributed by atoms with E-state index in [2.05, 4.69) is 19.9 Å². The molecular formula is C39H34Cl2N6O4. The van der Waals surface area contributed by atoms with Gasteiger partial charge in [0.15, 0.2) is 0 Å². The summed E-state index contributed by atoms with van der Waals surface area (Å²) < 4.78 is 13.9. The fourth-order valence-corrected chi connectivity index (χ4v) is 7.29. The summed E-state index contributed by atoms with van der Waals surface area (Å²) >= 11 is 13.0. The highest BCUT2D eigenvalue weighted by Gasteiger charge is 2.36. The van der Waals surface area contributed by atoms with Crippen LogP contribution in [0.5, 0.6) is 5.88 Å². The highest BCUT2D eigenvalue weighted by atomic mass is 35.5. The summed E-state index contributed by atoms with van der Waals surface area (Å²) in [6, 6.07) is 24.6. The Balaban J connectivity index is 1.18. The highest BCUT2D eigenvalue weighted by molar-refractivity contribution is 6.32. The van der Waals surface area contributed by atoms with Gasteiger partial charge in [-0.3, -0.25) is 4.79 Å². The van der Waals surface area contributed by atoms with Crippen LogP contribution in [-0.2, 0) is 4.74 Å². The fourth-order valence-electron chi connectivity index (χ4n) is 6.94. The summed E-state index contributed by atoms with van der Waals surface area (Å²) in [5, 5.41) is 5.10. The fraction of sp³-hybridized carbons (Fsp3) is 0.231. The van der Waals surface area contributed by atoms with Crippen molar-refractivity contribution < 1.29 is 19.1 Å². The van der Waals surface area contributed by atoms with Crippen molar-refractivity contribution in [2.45, 2.75) is 44.9 Å². The number of halogens is 2. The topological polar surface area (TPSA) is 114 Å². The van der Waals surface area contributed by atoms with E-state index in [1.165, 1.54) is 0 Å². The monoisotopic (exact) mass is 720 g/mol. The molecular weight excluding hydrogens is 687 g/mol. The lowest BCUT2D eigenvalue weighted by atomic mass is 9.88. The van der Waals surface area contributed by atoms with Gasteiger partial charge in [0.2, 0.25) is 5.88 Å². The van der Waals surface area contributed by atoms with Crippen LogP contribution in [0.4, 0.5) is 10.5 Å². The summed E-state index contributed by atoms with van der Waals surface area (Å²) in [5.74, 6) is -0.132. The number of benzene rings is 3. The zero-order chi connectivity index (χ0) is 35.4. The zero-order valence-corrected chi connectivity index (χ0v) is 29.6. The largest absolute Gasteiger partial charge is 0.471 e. The average Bonchev–Trinajstić information content (AvgIpc) is 3.84. The second-order valence-corrected chi connectivity index (χ2v) is 14.6. The molecule has 0 bridgehead atoms. The van der Waals surface area contributed by atoms with Crippen LogP contribution in [0.25, 0.3) is 33.4 Å². The first-order valence-electron chi connectivity index (χ1n) is 16.7. The van der Waals surface area contributed by atoms with Gasteiger partial charge in [-0.2, -0.15) is 0 Å². The SMILES string of the molecule is CC(C)(C)OC(=O)N1CCC(Oc2ncccc2NC(=O)c2[nH]c3cc(Cl)cc4c3c2-c2c(-c3ccccc3)ncn2C4c2ccc(Cl)cc2)C1. The lowest BCUT2D eigenvalue weighted by Crippen LogP contribution is -2.36. The molecule has 12 heteroatoms. The molecule has 0 saturated carbocycles. The Bertz CT molecular complexity index is 2300. The van der Waals surface area contributed by atoms with Gasteiger partial charge in [0.05, 0.1) is 30.3 Å². The molecule has 3 aromatic carbocycles. The van der Waals surface area contributed by atoms with Crippen molar-refractivity contribution in [3.05, 3.63) is 118 Å². The smallest absolute Gasteiger partial charge is 0.410 e. The molecule has 2 unspecified atom stereocenters.